The van der Waals surface area contributed by atoms with Gasteiger partial charge in [0.05, 0.1) is 7.11 Å². The van der Waals surface area contributed by atoms with E-state index in [9.17, 15) is 4.39 Å². The van der Waals surface area contributed by atoms with Gasteiger partial charge in [-0.15, -0.1) is 0 Å². The summed E-state index contributed by atoms with van der Waals surface area (Å²) in [6, 6.07) is 5.05. The number of methoxy groups -OCH3 is 1. The van der Waals surface area contributed by atoms with Crippen molar-refractivity contribution in [2.45, 2.75) is 31.7 Å². The largest absolute Gasteiger partial charge is 0.496 e. The number of hydrogen-bond donors (Lipinski definition) is 1. The second kappa shape index (κ2) is 5.12. The van der Waals surface area contributed by atoms with Gasteiger partial charge in [0, 0.05) is 11.6 Å². The molecule has 2 nitrogen and oxygen atoms in total. The summed E-state index contributed by atoms with van der Waals surface area (Å²) >= 11 is 0. The molecule has 104 valence electrons. The fourth-order valence-electron chi connectivity index (χ4n) is 4.05. The van der Waals surface area contributed by atoms with Gasteiger partial charge in [0.2, 0.25) is 0 Å². The molecule has 0 aromatic heterocycles. The molecule has 3 atom stereocenters. The first-order valence-corrected chi connectivity index (χ1v) is 7.27. The van der Waals surface area contributed by atoms with Crippen LogP contribution in [0.1, 0.15) is 37.3 Å². The van der Waals surface area contributed by atoms with Crippen LogP contribution in [0.3, 0.4) is 0 Å². The predicted molar refractivity (Wildman–Crippen MR) is 73.7 cm³/mol. The third-order valence-electron chi connectivity index (χ3n) is 4.95. The smallest absolute Gasteiger partial charge is 0.123 e. The Labute approximate surface area is 114 Å². The second-order valence-corrected chi connectivity index (χ2v) is 5.84. The summed E-state index contributed by atoms with van der Waals surface area (Å²) in [6.45, 7) is 0. The zero-order chi connectivity index (χ0) is 13.4. The van der Waals surface area contributed by atoms with Gasteiger partial charge in [0.25, 0.3) is 0 Å². The molecular weight excluding hydrogens is 241 g/mol. The van der Waals surface area contributed by atoms with Gasteiger partial charge in [0.1, 0.15) is 11.6 Å². The van der Waals surface area contributed by atoms with E-state index in [4.69, 9.17) is 4.74 Å². The van der Waals surface area contributed by atoms with E-state index in [1.807, 2.05) is 7.05 Å². The second-order valence-electron chi connectivity index (χ2n) is 5.84. The van der Waals surface area contributed by atoms with Crippen molar-refractivity contribution in [1.82, 2.24) is 5.32 Å². The zero-order valence-electron chi connectivity index (χ0n) is 11.7. The van der Waals surface area contributed by atoms with Gasteiger partial charge in [-0.05, 0) is 55.8 Å². The molecule has 1 N–H and O–H groups in total. The predicted octanol–water partition coefficient (Wildman–Crippen LogP) is 3.53. The molecule has 0 heterocycles. The van der Waals surface area contributed by atoms with Gasteiger partial charge in [-0.3, -0.25) is 0 Å². The normalized spacial score (nSPS) is 30.6. The van der Waals surface area contributed by atoms with Crippen LogP contribution in [0, 0.1) is 23.6 Å². The van der Waals surface area contributed by atoms with Crippen molar-refractivity contribution in [2.75, 3.05) is 14.2 Å². The fourth-order valence-corrected chi connectivity index (χ4v) is 4.05. The highest BCUT2D eigenvalue weighted by Crippen LogP contribution is 2.60. The molecule has 0 spiro atoms. The van der Waals surface area contributed by atoms with Crippen LogP contribution in [0.2, 0.25) is 0 Å². The summed E-state index contributed by atoms with van der Waals surface area (Å²) in [5.74, 6) is 2.94. The molecule has 19 heavy (non-hydrogen) atoms. The number of hydrogen-bond acceptors (Lipinski definition) is 2. The first-order valence-electron chi connectivity index (χ1n) is 7.27. The molecule has 3 rings (SSSR count). The van der Waals surface area contributed by atoms with Crippen LogP contribution in [-0.2, 0) is 0 Å². The van der Waals surface area contributed by atoms with Gasteiger partial charge in [0.15, 0.2) is 0 Å². The Kier molecular flexibility index (Phi) is 3.48. The van der Waals surface area contributed by atoms with Gasteiger partial charge in [-0.1, -0.05) is 12.8 Å². The number of rotatable bonds is 4. The third kappa shape index (κ3) is 2.25. The molecule has 1 aromatic carbocycles. The topological polar surface area (TPSA) is 21.3 Å². The molecule has 2 saturated carbocycles. The summed E-state index contributed by atoms with van der Waals surface area (Å²) < 4.78 is 19.0. The van der Waals surface area contributed by atoms with Crippen LogP contribution in [0.25, 0.3) is 0 Å². The van der Waals surface area contributed by atoms with E-state index in [2.05, 4.69) is 5.32 Å². The lowest BCUT2D eigenvalue weighted by atomic mass is 9.98. The Balaban J connectivity index is 1.88. The van der Waals surface area contributed by atoms with E-state index >= 15 is 0 Å². The van der Waals surface area contributed by atoms with E-state index < -0.39 is 0 Å². The van der Waals surface area contributed by atoms with E-state index in [0.29, 0.717) is 5.92 Å². The summed E-state index contributed by atoms with van der Waals surface area (Å²) in [6.07, 6.45) is 5.39. The third-order valence-corrected chi connectivity index (χ3v) is 4.95. The van der Waals surface area contributed by atoms with Crippen LogP contribution in [0.5, 0.6) is 5.75 Å². The molecule has 2 fully saturated rings. The van der Waals surface area contributed by atoms with Crippen molar-refractivity contribution in [3.63, 3.8) is 0 Å². The minimum atomic E-state index is -0.181. The van der Waals surface area contributed by atoms with E-state index in [1.165, 1.54) is 31.7 Å². The molecule has 0 radical (unpaired) electrons. The Morgan fingerprint density at radius 3 is 2.53 bits per heavy atom. The maximum atomic E-state index is 13.6. The molecule has 0 saturated heterocycles. The van der Waals surface area contributed by atoms with E-state index in [1.54, 1.807) is 19.2 Å². The highest BCUT2D eigenvalue weighted by atomic mass is 19.1. The van der Waals surface area contributed by atoms with Crippen LogP contribution in [0.4, 0.5) is 4.39 Å². The summed E-state index contributed by atoms with van der Waals surface area (Å²) in [7, 11) is 3.63. The van der Waals surface area contributed by atoms with E-state index in [0.717, 1.165) is 23.1 Å². The molecule has 0 bridgehead atoms. The first kappa shape index (κ1) is 12.9. The number of benzene rings is 1. The highest BCUT2D eigenvalue weighted by molar-refractivity contribution is 5.38. The molecule has 0 aliphatic heterocycles. The average molecular weight is 263 g/mol. The minimum absolute atomic E-state index is 0.181. The van der Waals surface area contributed by atoms with Crippen molar-refractivity contribution in [3.05, 3.63) is 29.6 Å². The molecule has 1 aromatic rings. The lowest BCUT2D eigenvalue weighted by Gasteiger charge is -2.20. The van der Waals surface area contributed by atoms with Gasteiger partial charge >= 0.3 is 0 Å². The van der Waals surface area contributed by atoms with Crippen LogP contribution in [0.15, 0.2) is 18.2 Å². The van der Waals surface area contributed by atoms with Crippen LogP contribution < -0.4 is 10.1 Å². The first-order chi connectivity index (χ1) is 9.26. The van der Waals surface area contributed by atoms with E-state index in [-0.39, 0.29) is 11.9 Å². The SMILES string of the molecule is CNC(c1cc(F)ccc1OC)C1C2CCCCC21. The number of nitrogens with one attached hydrogen (secondary N) is 1. The maximum Gasteiger partial charge on any atom is 0.123 e. The van der Waals surface area contributed by atoms with Gasteiger partial charge in [-0.2, -0.15) is 0 Å². The quantitative estimate of drug-likeness (QED) is 0.897. The Bertz CT molecular complexity index is 450. The molecule has 2 aliphatic carbocycles. The Morgan fingerprint density at radius 2 is 1.95 bits per heavy atom. The highest BCUT2D eigenvalue weighted by Gasteiger charge is 2.54. The van der Waals surface area contributed by atoms with Crippen molar-refractivity contribution in [3.8, 4) is 5.75 Å². The summed E-state index contributed by atoms with van der Waals surface area (Å²) in [5, 5.41) is 3.39. The van der Waals surface area contributed by atoms with Crippen molar-refractivity contribution < 1.29 is 9.13 Å². The standard InChI is InChI=1S/C16H22FNO/c1-18-16(15-11-5-3-4-6-12(11)15)13-9-10(17)7-8-14(13)19-2/h7-9,11-12,15-16,18H,3-6H2,1-2H3. The summed E-state index contributed by atoms with van der Waals surface area (Å²) in [5.41, 5.74) is 0.976. The Morgan fingerprint density at radius 1 is 1.26 bits per heavy atom. The lowest BCUT2D eigenvalue weighted by Crippen LogP contribution is -2.20. The van der Waals surface area contributed by atoms with Crippen molar-refractivity contribution in [2.24, 2.45) is 17.8 Å². The number of halogens is 1. The molecule has 3 unspecified atom stereocenters. The zero-order valence-corrected chi connectivity index (χ0v) is 11.7. The van der Waals surface area contributed by atoms with Gasteiger partial charge in [-0.25, -0.2) is 4.39 Å². The van der Waals surface area contributed by atoms with Crippen LogP contribution >= 0.6 is 0 Å². The molecular formula is C16H22FNO. The fraction of sp³-hybridized carbons (Fsp3) is 0.625. The number of ether oxygens (including phenoxy) is 1. The molecule has 0 amide bonds. The lowest BCUT2D eigenvalue weighted by molar-refractivity contribution is 0.388. The number of fused-ring (bicyclic) bond motifs is 1. The van der Waals surface area contributed by atoms with Gasteiger partial charge < -0.3 is 10.1 Å². The molecule has 2 aliphatic rings. The minimum Gasteiger partial charge on any atom is -0.496 e. The summed E-state index contributed by atoms with van der Waals surface area (Å²) in [4.78, 5) is 0. The van der Waals surface area contributed by atoms with Crippen molar-refractivity contribution >= 4 is 0 Å². The molecule has 3 heteroatoms. The maximum absolute atomic E-state index is 13.6. The van der Waals surface area contributed by atoms with Crippen molar-refractivity contribution in [1.29, 1.82) is 0 Å². The Hall–Kier alpha value is -1.09. The average Bonchev–Trinajstić information content (AvgIpc) is 3.15. The monoisotopic (exact) mass is 263 g/mol. The van der Waals surface area contributed by atoms with Crippen LogP contribution in [-0.4, -0.2) is 14.2 Å².